The monoisotopic (exact) mass is 581 g/mol. The topological polar surface area (TPSA) is 209 Å². The number of carbonyl (C=O) groups excluding carboxylic acids is 3. The van der Waals surface area contributed by atoms with Gasteiger partial charge in [-0.25, -0.2) is 0 Å². The lowest BCUT2D eigenvalue weighted by molar-refractivity contribution is -0.131. The van der Waals surface area contributed by atoms with Crippen LogP contribution in [0.4, 0.5) is 0 Å². The molecule has 0 aliphatic carbocycles. The molecule has 0 aliphatic heterocycles. The predicted molar refractivity (Wildman–Crippen MR) is 152 cm³/mol. The molecule has 0 fully saturated rings. The number of aromatic hydroxyl groups is 6. The SMILES string of the molecule is CCNC(Cc1ccc(O)c(O)c1)C(=O)NC(Cc1ccc(O)c(O)c1)C(=O)NC(Cc1ccc(O)c(O)c1)C(C)=O. The standard InChI is InChI=1S/C30H35N3O9/c1-3-31-21(11-18-5-8-24(36)27(39)14-18)29(41)33-22(12-19-6-9-25(37)28(40)15-19)30(42)32-20(16(2)34)10-17-4-7-23(35)26(38)13-17/h4-9,13-15,20-22,31,35-40H,3,10-12H2,1-2H3,(H,32,42)(H,33,41). The highest BCUT2D eigenvalue weighted by Crippen LogP contribution is 2.27. The molecule has 12 nitrogen and oxygen atoms in total. The molecule has 3 rings (SSSR count). The van der Waals surface area contributed by atoms with Crippen LogP contribution in [0.3, 0.4) is 0 Å². The van der Waals surface area contributed by atoms with E-state index in [-0.39, 0.29) is 53.8 Å². The first-order valence-electron chi connectivity index (χ1n) is 13.2. The number of nitrogens with one attached hydrogen (secondary N) is 3. The molecular formula is C30H35N3O9. The van der Waals surface area contributed by atoms with E-state index in [0.29, 0.717) is 23.2 Å². The Labute approximate surface area is 242 Å². The second-order valence-corrected chi connectivity index (χ2v) is 9.92. The lowest BCUT2D eigenvalue weighted by Gasteiger charge is -2.25. The van der Waals surface area contributed by atoms with Gasteiger partial charge in [-0.1, -0.05) is 25.1 Å². The highest BCUT2D eigenvalue weighted by atomic mass is 16.3. The third-order valence-corrected chi connectivity index (χ3v) is 6.65. The second-order valence-electron chi connectivity index (χ2n) is 9.92. The molecule has 3 atom stereocenters. The minimum absolute atomic E-state index is 0.0000614. The van der Waals surface area contributed by atoms with E-state index in [1.54, 1.807) is 13.0 Å². The van der Waals surface area contributed by atoms with Crippen LogP contribution in [-0.4, -0.2) is 72.9 Å². The van der Waals surface area contributed by atoms with Crippen molar-refractivity contribution in [2.24, 2.45) is 0 Å². The van der Waals surface area contributed by atoms with Crippen molar-refractivity contribution in [3.05, 3.63) is 71.3 Å². The number of hydrogen-bond donors (Lipinski definition) is 9. The zero-order valence-electron chi connectivity index (χ0n) is 23.2. The summed E-state index contributed by atoms with van der Waals surface area (Å²) in [6, 6.07) is 9.10. The third kappa shape index (κ3) is 8.51. The number of carbonyl (C=O) groups is 3. The molecule has 0 aliphatic rings. The Morgan fingerprint density at radius 3 is 1.31 bits per heavy atom. The maximum atomic E-state index is 13.5. The van der Waals surface area contributed by atoms with Crippen LogP contribution >= 0.6 is 0 Å². The van der Waals surface area contributed by atoms with Gasteiger partial charge in [-0.3, -0.25) is 14.4 Å². The molecule has 0 aromatic heterocycles. The average molecular weight is 582 g/mol. The molecule has 3 unspecified atom stereocenters. The number of Topliss-reactive ketones (excluding diaryl/α,β-unsaturated/α-hetero) is 1. The maximum Gasteiger partial charge on any atom is 0.243 e. The van der Waals surface area contributed by atoms with Crippen molar-refractivity contribution in [2.45, 2.75) is 51.2 Å². The number of rotatable bonds is 13. The largest absolute Gasteiger partial charge is 0.504 e. The zero-order valence-corrected chi connectivity index (χ0v) is 23.2. The van der Waals surface area contributed by atoms with Crippen molar-refractivity contribution < 1.29 is 45.0 Å². The van der Waals surface area contributed by atoms with Gasteiger partial charge in [0.05, 0.1) is 12.1 Å². The molecule has 0 saturated heterocycles. The smallest absolute Gasteiger partial charge is 0.243 e. The second kappa shape index (κ2) is 14.1. The summed E-state index contributed by atoms with van der Waals surface area (Å²) in [5.74, 6) is -3.78. The average Bonchev–Trinajstić information content (AvgIpc) is 2.93. The Morgan fingerprint density at radius 1 is 0.571 bits per heavy atom. The van der Waals surface area contributed by atoms with Gasteiger partial charge in [-0.2, -0.15) is 0 Å². The molecule has 3 aromatic rings. The van der Waals surface area contributed by atoms with Gasteiger partial charge < -0.3 is 46.6 Å². The molecule has 0 saturated carbocycles. The van der Waals surface area contributed by atoms with E-state index in [0.717, 1.165) is 0 Å². The number of hydrogen-bond acceptors (Lipinski definition) is 10. The van der Waals surface area contributed by atoms with Crippen molar-refractivity contribution in [2.75, 3.05) is 6.54 Å². The van der Waals surface area contributed by atoms with E-state index in [1.165, 1.54) is 55.5 Å². The van der Waals surface area contributed by atoms with Gasteiger partial charge in [0.15, 0.2) is 40.3 Å². The summed E-state index contributed by atoms with van der Waals surface area (Å²) in [5, 5.41) is 66.9. The fourth-order valence-electron chi connectivity index (χ4n) is 4.35. The van der Waals surface area contributed by atoms with E-state index >= 15 is 0 Å². The first-order valence-corrected chi connectivity index (χ1v) is 13.2. The molecule has 42 heavy (non-hydrogen) atoms. The van der Waals surface area contributed by atoms with Crippen LogP contribution in [0, 0.1) is 0 Å². The summed E-state index contributed by atoms with van der Waals surface area (Å²) in [6.07, 6.45) is 0.0110. The summed E-state index contributed by atoms with van der Waals surface area (Å²) in [4.78, 5) is 39.4. The first-order chi connectivity index (χ1) is 19.9. The van der Waals surface area contributed by atoms with Crippen LogP contribution in [0.25, 0.3) is 0 Å². The Morgan fingerprint density at radius 2 is 0.929 bits per heavy atom. The van der Waals surface area contributed by atoms with Crippen LogP contribution in [0.1, 0.15) is 30.5 Å². The predicted octanol–water partition coefficient (Wildman–Crippen LogP) is 1.48. The van der Waals surface area contributed by atoms with Gasteiger partial charge in [0.25, 0.3) is 0 Å². The summed E-state index contributed by atoms with van der Waals surface area (Å²) in [5.41, 5.74) is 1.43. The molecule has 9 N–H and O–H groups in total. The lowest BCUT2D eigenvalue weighted by atomic mass is 9.99. The van der Waals surface area contributed by atoms with Gasteiger partial charge in [-0.15, -0.1) is 0 Å². The fraction of sp³-hybridized carbons (Fsp3) is 0.300. The molecule has 3 aromatic carbocycles. The van der Waals surface area contributed by atoms with Crippen LogP contribution < -0.4 is 16.0 Å². The van der Waals surface area contributed by atoms with Crippen molar-refractivity contribution in [3.63, 3.8) is 0 Å². The summed E-state index contributed by atoms with van der Waals surface area (Å²) in [6.45, 7) is 3.47. The van der Waals surface area contributed by atoms with Gasteiger partial charge in [0, 0.05) is 6.42 Å². The van der Waals surface area contributed by atoms with Crippen LogP contribution in [0.2, 0.25) is 0 Å². The molecule has 0 spiro atoms. The van der Waals surface area contributed by atoms with E-state index in [2.05, 4.69) is 16.0 Å². The molecule has 224 valence electrons. The zero-order chi connectivity index (χ0) is 31.0. The maximum absolute atomic E-state index is 13.5. The minimum atomic E-state index is -1.22. The summed E-state index contributed by atoms with van der Waals surface area (Å²) < 4.78 is 0. The van der Waals surface area contributed by atoms with Gasteiger partial charge >= 0.3 is 0 Å². The lowest BCUT2D eigenvalue weighted by Crippen LogP contribution is -2.56. The Hall–Kier alpha value is -4.97. The number of likely N-dealkylation sites (N-methyl/N-ethyl adjacent to an activating group) is 1. The van der Waals surface area contributed by atoms with E-state index in [1.807, 2.05) is 0 Å². The Balaban J connectivity index is 1.85. The van der Waals surface area contributed by atoms with Crippen LogP contribution in [0.15, 0.2) is 54.6 Å². The van der Waals surface area contributed by atoms with Crippen molar-refractivity contribution in [1.82, 2.24) is 16.0 Å². The van der Waals surface area contributed by atoms with Gasteiger partial charge in [0.1, 0.15) is 6.04 Å². The minimum Gasteiger partial charge on any atom is -0.504 e. The summed E-state index contributed by atoms with van der Waals surface area (Å²) in [7, 11) is 0. The molecular weight excluding hydrogens is 546 g/mol. The number of phenolic OH excluding ortho intramolecular Hbond substituents is 6. The molecule has 12 heteroatoms. The Bertz CT molecular complexity index is 1440. The number of phenols is 6. The van der Waals surface area contributed by atoms with E-state index in [4.69, 9.17) is 0 Å². The third-order valence-electron chi connectivity index (χ3n) is 6.65. The molecule has 2 amide bonds. The van der Waals surface area contributed by atoms with E-state index < -0.39 is 35.7 Å². The van der Waals surface area contributed by atoms with Crippen LogP contribution in [0.5, 0.6) is 34.5 Å². The first kappa shape index (κ1) is 31.6. The fourth-order valence-corrected chi connectivity index (χ4v) is 4.35. The van der Waals surface area contributed by atoms with Crippen LogP contribution in [-0.2, 0) is 33.6 Å². The van der Waals surface area contributed by atoms with Gasteiger partial charge in [0.2, 0.25) is 11.8 Å². The number of amides is 2. The normalized spacial score (nSPS) is 13.1. The quantitative estimate of drug-likeness (QED) is 0.133. The Kier molecular flexibility index (Phi) is 10.6. The summed E-state index contributed by atoms with van der Waals surface area (Å²) >= 11 is 0. The molecule has 0 bridgehead atoms. The van der Waals surface area contributed by atoms with Crippen molar-refractivity contribution >= 4 is 17.6 Å². The molecule has 0 radical (unpaired) electrons. The van der Waals surface area contributed by atoms with Gasteiger partial charge in [-0.05, 0) is 79.4 Å². The highest BCUT2D eigenvalue weighted by molar-refractivity contribution is 5.93. The van der Waals surface area contributed by atoms with E-state index in [9.17, 15) is 45.0 Å². The van der Waals surface area contributed by atoms with Crippen molar-refractivity contribution in [1.29, 1.82) is 0 Å². The highest BCUT2D eigenvalue weighted by Gasteiger charge is 2.29. The van der Waals surface area contributed by atoms with Crippen molar-refractivity contribution in [3.8, 4) is 34.5 Å². The number of ketones is 1. The number of benzene rings is 3. The molecule has 0 heterocycles.